The summed E-state index contributed by atoms with van der Waals surface area (Å²) in [5.74, 6) is 0.596. The van der Waals surface area contributed by atoms with Gasteiger partial charge in [-0.2, -0.15) is 0 Å². The van der Waals surface area contributed by atoms with E-state index in [1.165, 1.54) is 0 Å². The van der Waals surface area contributed by atoms with Gasteiger partial charge in [0.25, 0.3) is 0 Å². The largest absolute Gasteiger partial charge is 0.393 e. The number of nitrogens with two attached hydrogens (primary N) is 1. The maximum atomic E-state index is 9.63. The van der Waals surface area contributed by atoms with E-state index >= 15 is 0 Å². The number of anilines is 1. The molecule has 1 unspecified atom stereocenters. The van der Waals surface area contributed by atoms with Gasteiger partial charge in [-0.3, -0.25) is 0 Å². The van der Waals surface area contributed by atoms with Gasteiger partial charge in [-0.05, 0) is 43.4 Å². The van der Waals surface area contributed by atoms with Gasteiger partial charge in [0.05, 0.1) is 6.10 Å². The highest BCUT2D eigenvalue weighted by Crippen LogP contribution is 2.17. The molecule has 3 nitrogen and oxygen atoms in total. The number of nitrogens with zero attached hydrogens (tertiary/aromatic N) is 1. The van der Waals surface area contributed by atoms with Crippen molar-refractivity contribution in [2.75, 3.05) is 5.73 Å². The molecule has 0 amide bonds. The Hall–Kier alpha value is -1.09. The van der Waals surface area contributed by atoms with Crippen LogP contribution in [0.15, 0.2) is 12.3 Å². The molecule has 1 atom stereocenters. The molecule has 3 N–H and O–H groups in total. The highest BCUT2D eigenvalue weighted by molar-refractivity contribution is 5.43. The summed E-state index contributed by atoms with van der Waals surface area (Å²) in [7, 11) is 0. The van der Waals surface area contributed by atoms with Crippen molar-refractivity contribution in [3.05, 3.63) is 23.4 Å². The van der Waals surface area contributed by atoms with Crippen LogP contribution in [0, 0.1) is 6.92 Å². The number of aliphatic hydroxyl groups is 1. The molecular weight excluding hydrogens is 188 g/mol. The molecule has 1 rings (SSSR count). The van der Waals surface area contributed by atoms with Gasteiger partial charge >= 0.3 is 0 Å². The summed E-state index contributed by atoms with van der Waals surface area (Å²) in [5.41, 5.74) is 8.02. The first kappa shape index (κ1) is 12.0. The van der Waals surface area contributed by atoms with E-state index in [9.17, 15) is 5.11 Å². The van der Waals surface area contributed by atoms with E-state index in [2.05, 4.69) is 11.9 Å². The van der Waals surface area contributed by atoms with E-state index in [0.717, 1.165) is 36.8 Å². The lowest BCUT2D eigenvalue weighted by Crippen LogP contribution is -2.09. The van der Waals surface area contributed by atoms with E-state index < -0.39 is 0 Å². The Morgan fingerprint density at radius 1 is 1.47 bits per heavy atom. The van der Waals surface area contributed by atoms with Crippen LogP contribution in [0.2, 0.25) is 0 Å². The second-order valence-corrected chi connectivity index (χ2v) is 3.97. The Morgan fingerprint density at radius 2 is 2.20 bits per heavy atom. The number of nitrogen functional groups attached to an aromatic ring is 1. The number of aliphatic hydroxyl groups excluding tert-OH is 1. The summed E-state index contributed by atoms with van der Waals surface area (Å²) in [5, 5.41) is 9.63. The number of hydrogen-bond acceptors (Lipinski definition) is 3. The Bertz CT molecular complexity index is 292. The first-order chi connectivity index (χ1) is 7.15. The SMILES string of the molecule is CCCC(O)CCc1c(C)ccnc1N. The van der Waals surface area contributed by atoms with Crippen molar-refractivity contribution in [1.82, 2.24) is 4.98 Å². The van der Waals surface area contributed by atoms with Crippen LogP contribution in [0.4, 0.5) is 5.82 Å². The molecule has 84 valence electrons. The van der Waals surface area contributed by atoms with Crippen LogP contribution in [0.5, 0.6) is 0 Å². The van der Waals surface area contributed by atoms with Crippen LogP contribution in [0.1, 0.15) is 37.3 Å². The molecule has 0 spiro atoms. The molecule has 0 aliphatic rings. The number of pyridine rings is 1. The minimum Gasteiger partial charge on any atom is -0.393 e. The third kappa shape index (κ3) is 3.51. The van der Waals surface area contributed by atoms with Crippen molar-refractivity contribution in [3.8, 4) is 0 Å². The van der Waals surface area contributed by atoms with E-state index in [1.54, 1.807) is 6.20 Å². The van der Waals surface area contributed by atoms with Gasteiger partial charge in [0, 0.05) is 6.20 Å². The summed E-state index contributed by atoms with van der Waals surface area (Å²) in [4.78, 5) is 4.06. The molecule has 15 heavy (non-hydrogen) atoms. The number of hydrogen-bond donors (Lipinski definition) is 2. The maximum Gasteiger partial charge on any atom is 0.126 e. The summed E-state index contributed by atoms with van der Waals surface area (Å²) in [6.07, 6.45) is 4.96. The number of rotatable bonds is 5. The normalized spacial score (nSPS) is 12.7. The van der Waals surface area contributed by atoms with Crippen LogP contribution in [0.25, 0.3) is 0 Å². The zero-order valence-corrected chi connectivity index (χ0v) is 9.53. The van der Waals surface area contributed by atoms with Gasteiger partial charge in [0.15, 0.2) is 0 Å². The van der Waals surface area contributed by atoms with Crippen LogP contribution >= 0.6 is 0 Å². The molecule has 1 aromatic heterocycles. The first-order valence-electron chi connectivity index (χ1n) is 5.53. The molecule has 0 aliphatic carbocycles. The first-order valence-corrected chi connectivity index (χ1v) is 5.53. The van der Waals surface area contributed by atoms with Gasteiger partial charge in [-0.25, -0.2) is 4.98 Å². The zero-order chi connectivity index (χ0) is 11.3. The van der Waals surface area contributed by atoms with Crippen molar-refractivity contribution in [1.29, 1.82) is 0 Å². The lowest BCUT2D eigenvalue weighted by atomic mass is 10.0. The van der Waals surface area contributed by atoms with E-state index in [0.29, 0.717) is 5.82 Å². The van der Waals surface area contributed by atoms with Crippen molar-refractivity contribution in [2.24, 2.45) is 0 Å². The van der Waals surface area contributed by atoms with Gasteiger partial charge in [0.2, 0.25) is 0 Å². The zero-order valence-electron chi connectivity index (χ0n) is 9.53. The second kappa shape index (κ2) is 5.71. The molecule has 0 aromatic carbocycles. The molecule has 0 fully saturated rings. The van der Waals surface area contributed by atoms with Crippen molar-refractivity contribution < 1.29 is 5.11 Å². The fraction of sp³-hybridized carbons (Fsp3) is 0.583. The van der Waals surface area contributed by atoms with E-state index in [-0.39, 0.29) is 6.10 Å². The van der Waals surface area contributed by atoms with E-state index in [4.69, 9.17) is 5.73 Å². The Morgan fingerprint density at radius 3 is 2.80 bits per heavy atom. The highest BCUT2D eigenvalue weighted by atomic mass is 16.3. The Kier molecular flexibility index (Phi) is 4.56. The van der Waals surface area contributed by atoms with Crippen molar-refractivity contribution in [2.45, 2.75) is 45.6 Å². The monoisotopic (exact) mass is 208 g/mol. The van der Waals surface area contributed by atoms with Crippen LogP contribution in [-0.4, -0.2) is 16.2 Å². The minimum absolute atomic E-state index is 0.214. The standard InChI is InChI=1S/C12H20N2O/c1-3-4-10(15)5-6-11-9(2)7-8-14-12(11)13/h7-8,10,15H,3-6H2,1-2H3,(H2,13,14). The smallest absolute Gasteiger partial charge is 0.126 e. The summed E-state index contributed by atoms with van der Waals surface area (Å²) >= 11 is 0. The molecule has 0 radical (unpaired) electrons. The molecule has 0 saturated heterocycles. The van der Waals surface area contributed by atoms with Crippen LogP contribution in [0.3, 0.4) is 0 Å². The second-order valence-electron chi connectivity index (χ2n) is 3.97. The van der Waals surface area contributed by atoms with Crippen molar-refractivity contribution >= 4 is 5.82 Å². The fourth-order valence-electron chi connectivity index (χ4n) is 1.72. The molecule has 1 heterocycles. The average Bonchev–Trinajstić information content (AvgIpc) is 2.17. The third-order valence-corrected chi connectivity index (χ3v) is 2.67. The Balaban J connectivity index is 2.57. The molecule has 0 bridgehead atoms. The summed E-state index contributed by atoms with van der Waals surface area (Å²) in [6.45, 7) is 4.10. The van der Waals surface area contributed by atoms with Crippen LogP contribution in [-0.2, 0) is 6.42 Å². The predicted molar refractivity (Wildman–Crippen MR) is 62.6 cm³/mol. The number of aryl methyl sites for hydroxylation is 1. The topological polar surface area (TPSA) is 59.1 Å². The molecule has 0 aliphatic heterocycles. The summed E-state index contributed by atoms with van der Waals surface area (Å²) < 4.78 is 0. The molecule has 3 heteroatoms. The predicted octanol–water partition coefficient (Wildman–Crippen LogP) is 2.07. The molecule has 1 aromatic rings. The minimum atomic E-state index is -0.214. The molecular formula is C12H20N2O. The molecule has 0 saturated carbocycles. The lowest BCUT2D eigenvalue weighted by molar-refractivity contribution is 0.154. The maximum absolute atomic E-state index is 9.63. The van der Waals surface area contributed by atoms with Crippen molar-refractivity contribution in [3.63, 3.8) is 0 Å². The lowest BCUT2D eigenvalue weighted by Gasteiger charge is -2.11. The van der Waals surface area contributed by atoms with Gasteiger partial charge in [0.1, 0.15) is 5.82 Å². The average molecular weight is 208 g/mol. The quantitative estimate of drug-likeness (QED) is 0.778. The van der Waals surface area contributed by atoms with E-state index in [1.807, 2.05) is 13.0 Å². The van der Waals surface area contributed by atoms with Gasteiger partial charge in [-0.15, -0.1) is 0 Å². The van der Waals surface area contributed by atoms with Crippen LogP contribution < -0.4 is 5.73 Å². The summed E-state index contributed by atoms with van der Waals surface area (Å²) in [6, 6.07) is 1.96. The fourth-order valence-corrected chi connectivity index (χ4v) is 1.72. The highest BCUT2D eigenvalue weighted by Gasteiger charge is 2.07. The third-order valence-electron chi connectivity index (χ3n) is 2.67. The van der Waals surface area contributed by atoms with Gasteiger partial charge in [-0.1, -0.05) is 13.3 Å². The Labute approximate surface area is 91.3 Å². The number of aromatic nitrogens is 1. The van der Waals surface area contributed by atoms with Gasteiger partial charge < -0.3 is 10.8 Å².